The van der Waals surface area contributed by atoms with E-state index in [1.165, 1.54) is 4.90 Å². The minimum atomic E-state index is -1.17. The zero-order chi connectivity index (χ0) is 23.6. The first-order chi connectivity index (χ1) is 15.8. The summed E-state index contributed by atoms with van der Waals surface area (Å²) in [5.41, 5.74) is 1.97. The molecule has 174 valence electrons. The van der Waals surface area contributed by atoms with Crippen LogP contribution >= 0.6 is 0 Å². The van der Waals surface area contributed by atoms with Crippen LogP contribution in [0, 0.1) is 5.92 Å². The van der Waals surface area contributed by atoms with Crippen molar-refractivity contribution >= 4 is 17.7 Å². The van der Waals surface area contributed by atoms with Gasteiger partial charge in [-0.05, 0) is 16.7 Å². The molecule has 0 bridgehead atoms. The molecular weight excluding hydrogens is 418 g/mol. The fourth-order valence-corrected chi connectivity index (χ4v) is 4.80. The van der Waals surface area contributed by atoms with Gasteiger partial charge < -0.3 is 19.4 Å². The summed E-state index contributed by atoms with van der Waals surface area (Å²) in [6.45, 7) is 1.29. The summed E-state index contributed by atoms with van der Waals surface area (Å²) in [4.78, 5) is 43.4. The van der Waals surface area contributed by atoms with Gasteiger partial charge in [-0.3, -0.25) is 14.4 Å². The lowest BCUT2D eigenvalue weighted by Crippen LogP contribution is -2.62. The van der Waals surface area contributed by atoms with Gasteiger partial charge in [0.2, 0.25) is 11.8 Å². The third kappa shape index (κ3) is 4.78. The minimum Gasteiger partial charge on any atom is -0.361 e. The number of hydrogen-bond acceptors (Lipinski definition) is 4. The van der Waals surface area contributed by atoms with Gasteiger partial charge in [-0.1, -0.05) is 54.6 Å². The molecule has 0 spiro atoms. The largest absolute Gasteiger partial charge is 0.361 e. The Morgan fingerprint density at radius 3 is 2.48 bits per heavy atom. The Balaban J connectivity index is 1.60. The molecule has 3 amide bonds. The molecule has 33 heavy (non-hydrogen) atoms. The van der Waals surface area contributed by atoms with E-state index >= 15 is 0 Å². The summed E-state index contributed by atoms with van der Waals surface area (Å²) < 4.78 is 6.16. The van der Waals surface area contributed by atoms with Crippen molar-refractivity contribution in [1.29, 1.82) is 0 Å². The van der Waals surface area contributed by atoms with Crippen molar-refractivity contribution in [2.24, 2.45) is 5.92 Å². The van der Waals surface area contributed by atoms with Crippen LogP contribution < -0.4 is 0 Å². The molecule has 4 rings (SSSR count). The molecule has 0 aliphatic carbocycles. The molecular formula is C26H31N3O4. The zero-order valence-corrected chi connectivity index (χ0v) is 19.5. The highest BCUT2D eigenvalue weighted by atomic mass is 16.5. The third-order valence-electron chi connectivity index (χ3n) is 6.51. The number of likely N-dealkylation sites (tertiary alicyclic amines) is 1. The number of likely N-dealkylation sites (N-methyl/N-ethyl adjacent to an activating group) is 1. The lowest BCUT2D eigenvalue weighted by Gasteiger charge is -2.43. The number of carbonyl (C=O) groups is 3. The Bertz CT molecular complexity index is 1040. The highest BCUT2D eigenvalue weighted by molar-refractivity contribution is 5.91. The van der Waals surface area contributed by atoms with Gasteiger partial charge in [0, 0.05) is 47.1 Å². The van der Waals surface area contributed by atoms with E-state index in [9.17, 15) is 14.4 Å². The van der Waals surface area contributed by atoms with E-state index < -0.39 is 5.60 Å². The second kappa shape index (κ2) is 9.35. The first-order valence-corrected chi connectivity index (χ1v) is 11.3. The zero-order valence-electron chi connectivity index (χ0n) is 19.5. The lowest BCUT2D eigenvalue weighted by atomic mass is 9.89. The second-order valence-corrected chi connectivity index (χ2v) is 9.22. The van der Waals surface area contributed by atoms with Gasteiger partial charge in [0.05, 0.1) is 19.1 Å². The summed E-state index contributed by atoms with van der Waals surface area (Å²) in [7, 11) is 5.13. The first-order valence-electron chi connectivity index (χ1n) is 11.3. The van der Waals surface area contributed by atoms with Crippen molar-refractivity contribution in [2.45, 2.75) is 18.4 Å². The van der Waals surface area contributed by atoms with Crippen molar-refractivity contribution < 1.29 is 19.1 Å². The first kappa shape index (κ1) is 23.0. The van der Waals surface area contributed by atoms with Crippen LogP contribution in [0.15, 0.2) is 54.6 Å². The predicted molar refractivity (Wildman–Crippen MR) is 125 cm³/mol. The maximum Gasteiger partial charge on any atom is 0.256 e. The van der Waals surface area contributed by atoms with Crippen LogP contribution in [0.1, 0.15) is 12.0 Å². The van der Waals surface area contributed by atoms with Crippen LogP contribution in [0.2, 0.25) is 0 Å². The fraction of sp³-hybridized carbons (Fsp3) is 0.423. The second-order valence-electron chi connectivity index (χ2n) is 9.22. The van der Waals surface area contributed by atoms with E-state index in [-0.39, 0.29) is 43.2 Å². The summed E-state index contributed by atoms with van der Waals surface area (Å²) in [6, 6.07) is 18.2. The number of amides is 3. The Labute approximate surface area is 194 Å². The minimum absolute atomic E-state index is 0.0185. The molecule has 2 aliphatic rings. The Hall–Kier alpha value is -3.19. The highest BCUT2D eigenvalue weighted by Crippen LogP contribution is 2.29. The Morgan fingerprint density at radius 1 is 1.09 bits per heavy atom. The van der Waals surface area contributed by atoms with Gasteiger partial charge >= 0.3 is 0 Å². The number of rotatable bonds is 5. The molecule has 0 aromatic heterocycles. The van der Waals surface area contributed by atoms with Crippen molar-refractivity contribution in [2.75, 3.05) is 47.4 Å². The van der Waals surface area contributed by atoms with Crippen LogP contribution in [0.3, 0.4) is 0 Å². The normalized spacial score (nSPS) is 23.0. The van der Waals surface area contributed by atoms with Crippen LogP contribution in [0.5, 0.6) is 0 Å². The van der Waals surface area contributed by atoms with E-state index in [4.69, 9.17) is 4.74 Å². The fourth-order valence-electron chi connectivity index (χ4n) is 4.80. The molecule has 2 aromatic rings. The summed E-state index contributed by atoms with van der Waals surface area (Å²) in [6.07, 6.45) is 0.582. The SMILES string of the molecule is CN(C)C(=O)[C@]1(Cc2cccc(-c3ccccc3)c2)CN(C(=O)[C@H]2CC(=O)N(C)C2)CCO1. The standard InChI is InChI=1S/C26H31N3O4/c1-27(2)25(32)26(16-19-8-7-11-21(14-19)20-9-5-4-6-10-20)18-29(12-13-33-26)24(31)22-15-23(30)28(3)17-22/h4-11,14,22H,12-13,15-18H2,1-3H3/t22-,26-/m0/s1. The summed E-state index contributed by atoms with van der Waals surface area (Å²) >= 11 is 0. The van der Waals surface area contributed by atoms with E-state index in [2.05, 4.69) is 18.2 Å². The quantitative estimate of drug-likeness (QED) is 0.701. The topological polar surface area (TPSA) is 70.2 Å². The number of ether oxygens (including phenoxy) is 1. The van der Waals surface area contributed by atoms with Gasteiger partial charge in [0.25, 0.3) is 5.91 Å². The summed E-state index contributed by atoms with van der Waals surface area (Å²) in [5.74, 6) is -0.626. The van der Waals surface area contributed by atoms with Gasteiger partial charge in [-0.25, -0.2) is 0 Å². The van der Waals surface area contributed by atoms with Crippen LogP contribution in [0.25, 0.3) is 11.1 Å². The van der Waals surface area contributed by atoms with Gasteiger partial charge in [0.1, 0.15) is 0 Å². The molecule has 2 aromatic carbocycles. The molecule has 2 saturated heterocycles. The van der Waals surface area contributed by atoms with Gasteiger partial charge in [-0.2, -0.15) is 0 Å². The van der Waals surface area contributed by atoms with Crippen molar-refractivity contribution in [3.63, 3.8) is 0 Å². The third-order valence-corrected chi connectivity index (χ3v) is 6.51. The number of benzene rings is 2. The molecule has 0 N–H and O–H groups in total. The van der Waals surface area contributed by atoms with E-state index in [0.717, 1.165) is 16.7 Å². The molecule has 0 radical (unpaired) electrons. The molecule has 2 atom stereocenters. The van der Waals surface area contributed by atoms with E-state index in [0.29, 0.717) is 19.5 Å². The molecule has 7 nitrogen and oxygen atoms in total. The molecule has 7 heteroatoms. The maximum absolute atomic E-state index is 13.4. The molecule has 0 unspecified atom stereocenters. The summed E-state index contributed by atoms with van der Waals surface area (Å²) in [5, 5.41) is 0. The molecule has 0 saturated carbocycles. The number of morpholine rings is 1. The van der Waals surface area contributed by atoms with E-state index in [1.807, 2.05) is 36.4 Å². The lowest BCUT2D eigenvalue weighted by molar-refractivity contribution is -0.173. The van der Waals surface area contributed by atoms with Crippen LogP contribution in [-0.4, -0.2) is 85.4 Å². The molecule has 2 fully saturated rings. The van der Waals surface area contributed by atoms with E-state index in [1.54, 1.807) is 30.9 Å². The van der Waals surface area contributed by atoms with Gasteiger partial charge in [0.15, 0.2) is 5.60 Å². The smallest absolute Gasteiger partial charge is 0.256 e. The molecule has 2 aliphatic heterocycles. The number of nitrogens with zero attached hydrogens (tertiary/aromatic N) is 3. The molecule has 2 heterocycles. The van der Waals surface area contributed by atoms with Crippen molar-refractivity contribution in [3.05, 3.63) is 60.2 Å². The average molecular weight is 450 g/mol. The Kier molecular flexibility index (Phi) is 6.51. The van der Waals surface area contributed by atoms with Crippen molar-refractivity contribution in [1.82, 2.24) is 14.7 Å². The highest BCUT2D eigenvalue weighted by Gasteiger charge is 2.47. The number of carbonyl (C=O) groups excluding carboxylic acids is 3. The maximum atomic E-state index is 13.4. The Morgan fingerprint density at radius 2 is 1.82 bits per heavy atom. The van der Waals surface area contributed by atoms with Crippen LogP contribution in [-0.2, 0) is 25.5 Å². The number of hydrogen-bond donors (Lipinski definition) is 0. The average Bonchev–Trinajstić information content (AvgIpc) is 3.17. The van der Waals surface area contributed by atoms with Crippen molar-refractivity contribution in [3.8, 4) is 11.1 Å². The predicted octanol–water partition coefficient (Wildman–Crippen LogP) is 2.06. The van der Waals surface area contributed by atoms with Crippen LogP contribution in [0.4, 0.5) is 0 Å². The van der Waals surface area contributed by atoms with Gasteiger partial charge in [-0.15, -0.1) is 0 Å². The monoisotopic (exact) mass is 449 g/mol.